The normalized spacial score (nSPS) is 11.2. The van der Waals surface area contributed by atoms with Crippen molar-refractivity contribution in [1.29, 1.82) is 0 Å². The first-order valence-electron chi connectivity index (χ1n) is 6.06. The summed E-state index contributed by atoms with van der Waals surface area (Å²) < 4.78 is 9.51. The summed E-state index contributed by atoms with van der Waals surface area (Å²) in [6.45, 7) is 2.59. The Morgan fingerprint density at radius 2 is 2.20 bits per heavy atom. The van der Waals surface area contributed by atoms with Crippen LogP contribution in [0.4, 0.5) is 0 Å². The van der Waals surface area contributed by atoms with Crippen LogP contribution >= 0.6 is 12.2 Å². The van der Waals surface area contributed by atoms with Gasteiger partial charge in [0.1, 0.15) is 11.8 Å². The van der Waals surface area contributed by atoms with Crippen LogP contribution in [0.3, 0.4) is 0 Å². The van der Waals surface area contributed by atoms with Crippen LogP contribution in [0.2, 0.25) is 0 Å². The number of fused-ring (bicyclic) bond motifs is 1. The van der Waals surface area contributed by atoms with E-state index in [0.717, 1.165) is 16.9 Å². The zero-order valence-electron chi connectivity index (χ0n) is 11.4. The highest BCUT2D eigenvalue weighted by Gasteiger charge is 2.13. The minimum Gasteiger partial charge on any atom is -0.479 e. The van der Waals surface area contributed by atoms with Crippen molar-refractivity contribution in [3.63, 3.8) is 0 Å². The highest BCUT2D eigenvalue weighted by molar-refractivity contribution is 7.71. The number of hydrogen-bond donors (Lipinski definition) is 1. The van der Waals surface area contributed by atoms with Gasteiger partial charge < -0.3 is 9.72 Å². The zero-order valence-corrected chi connectivity index (χ0v) is 12.2. The second-order valence-corrected chi connectivity index (χ2v) is 4.90. The molecule has 0 amide bonds. The first kappa shape index (κ1) is 12.8. The number of imidazole rings is 1. The molecule has 104 valence electrons. The molecule has 0 radical (unpaired) electrons. The first-order valence-corrected chi connectivity index (χ1v) is 6.47. The fourth-order valence-electron chi connectivity index (χ4n) is 2.22. The van der Waals surface area contributed by atoms with Gasteiger partial charge in [-0.3, -0.25) is 9.25 Å². The van der Waals surface area contributed by atoms with Gasteiger partial charge in [-0.15, -0.1) is 0 Å². The molecule has 8 heteroatoms. The largest absolute Gasteiger partial charge is 0.479 e. The molecule has 0 aliphatic heterocycles. The number of hydrogen-bond acceptors (Lipinski definition) is 5. The number of rotatable bonds is 3. The molecule has 7 nitrogen and oxygen atoms in total. The molecule has 0 aliphatic carbocycles. The minimum absolute atomic E-state index is 0.489. The lowest BCUT2D eigenvalue weighted by atomic mass is 10.2. The van der Waals surface area contributed by atoms with Crippen molar-refractivity contribution in [2.24, 2.45) is 7.05 Å². The molecule has 0 fully saturated rings. The van der Waals surface area contributed by atoms with Crippen molar-refractivity contribution in [3.05, 3.63) is 28.6 Å². The predicted molar refractivity (Wildman–Crippen MR) is 76.3 cm³/mol. The van der Waals surface area contributed by atoms with Crippen LogP contribution in [0.1, 0.15) is 11.3 Å². The maximum absolute atomic E-state index is 5.37. The number of methoxy groups -OCH3 is 1. The van der Waals surface area contributed by atoms with Gasteiger partial charge in [-0.05, 0) is 19.1 Å². The van der Waals surface area contributed by atoms with Gasteiger partial charge >= 0.3 is 0 Å². The van der Waals surface area contributed by atoms with Gasteiger partial charge in [-0.1, -0.05) is 0 Å². The Hall–Kier alpha value is -2.22. The zero-order chi connectivity index (χ0) is 14.3. The van der Waals surface area contributed by atoms with Crippen molar-refractivity contribution < 1.29 is 4.74 Å². The van der Waals surface area contributed by atoms with Gasteiger partial charge in [-0.25, -0.2) is 4.98 Å². The fraction of sp³-hybridized carbons (Fsp3) is 0.333. The summed E-state index contributed by atoms with van der Waals surface area (Å²) in [6, 6.07) is 0. The summed E-state index contributed by atoms with van der Waals surface area (Å²) in [5, 5.41) is 4.34. The van der Waals surface area contributed by atoms with E-state index in [1.165, 1.54) is 6.33 Å². The number of nitrogens with one attached hydrogen (secondary N) is 1. The van der Waals surface area contributed by atoms with E-state index >= 15 is 0 Å². The van der Waals surface area contributed by atoms with E-state index in [1.807, 2.05) is 24.7 Å². The third-order valence-electron chi connectivity index (χ3n) is 3.16. The molecule has 1 N–H and O–H groups in total. The topological polar surface area (TPSA) is 73.6 Å². The van der Waals surface area contributed by atoms with E-state index in [2.05, 4.69) is 20.1 Å². The second kappa shape index (κ2) is 4.71. The molecule has 0 aromatic carbocycles. The van der Waals surface area contributed by atoms with Crippen molar-refractivity contribution >= 4 is 23.4 Å². The van der Waals surface area contributed by atoms with E-state index in [4.69, 9.17) is 17.0 Å². The molecule has 3 heterocycles. The molecule has 0 atom stereocenters. The van der Waals surface area contributed by atoms with Crippen LogP contribution in [-0.4, -0.2) is 36.4 Å². The predicted octanol–water partition coefficient (Wildman–Crippen LogP) is 1.59. The highest BCUT2D eigenvalue weighted by Crippen LogP contribution is 2.21. The minimum atomic E-state index is 0.489. The summed E-state index contributed by atoms with van der Waals surface area (Å²) in [6.07, 6.45) is 3.45. The van der Waals surface area contributed by atoms with Gasteiger partial charge in [0.15, 0.2) is 10.4 Å². The second-order valence-electron chi connectivity index (χ2n) is 4.51. The van der Waals surface area contributed by atoms with Crippen LogP contribution in [0, 0.1) is 11.7 Å². The molecule has 3 aromatic rings. The molecule has 0 saturated carbocycles. The molecule has 3 rings (SSSR count). The van der Waals surface area contributed by atoms with E-state index in [9.17, 15) is 0 Å². The average molecular weight is 290 g/mol. The van der Waals surface area contributed by atoms with Gasteiger partial charge in [0.05, 0.1) is 19.3 Å². The fourth-order valence-corrected chi connectivity index (χ4v) is 2.47. The van der Waals surface area contributed by atoms with Crippen molar-refractivity contribution in [2.45, 2.75) is 13.5 Å². The van der Waals surface area contributed by atoms with Crippen molar-refractivity contribution in [2.75, 3.05) is 7.11 Å². The summed E-state index contributed by atoms with van der Waals surface area (Å²) in [5.41, 5.74) is 3.51. The SMILES string of the molecule is COc1ncnc2c1[nH]c(=S)n2Cc1cn(C)nc1C. The molecule has 0 spiro atoms. The molecular formula is C12H14N6OS. The smallest absolute Gasteiger partial charge is 0.242 e. The van der Waals surface area contributed by atoms with Gasteiger partial charge in [0, 0.05) is 18.8 Å². The maximum atomic E-state index is 5.37. The monoisotopic (exact) mass is 290 g/mol. The Bertz CT molecular complexity index is 830. The third kappa shape index (κ3) is 1.97. The number of aromatic amines is 1. The van der Waals surface area contributed by atoms with Crippen LogP contribution in [0.25, 0.3) is 11.2 Å². The molecule has 20 heavy (non-hydrogen) atoms. The van der Waals surface area contributed by atoms with Crippen molar-refractivity contribution in [1.82, 2.24) is 29.3 Å². The number of ether oxygens (including phenoxy) is 1. The average Bonchev–Trinajstić information content (AvgIpc) is 2.90. The lowest BCUT2D eigenvalue weighted by molar-refractivity contribution is 0.401. The van der Waals surface area contributed by atoms with Crippen LogP contribution in [-0.2, 0) is 13.6 Å². The Morgan fingerprint density at radius 3 is 2.85 bits per heavy atom. The summed E-state index contributed by atoms with van der Waals surface area (Å²) >= 11 is 5.37. The molecule has 3 aromatic heterocycles. The standard InChI is InChI=1S/C12H14N6OS/c1-7-8(4-17(2)16-7)5-18-10-9(15-12(18)20)11(19-3)14-6-13-10/h4,6H,5H2,1-3H3,(H,15,20). The number of H-pyrrole nitrogens is 1. The van der Waals surface area contributed by atoms with E-state index < -0.39 is 0 Å². The van der Waals surface area contributed by atoms with Crippen LogP contribution < -0.4 is 4.74 Å². The quantitative estimate of drug-likeness (QED) is 0.741. The molecule has 0 saturated heterocycles. The van der Waals surface area contributed by atoms with Crippen LogP contribution in [0.15, 0.2) is 12.5 Å². The summed E-state index contributed by atoms with van der Waals surface area (Å²) in [4.78, 5) is 11.5. The Morgan fingerprint density at radius 1 is 1.40 bits per heavy atom. The molecular weight excluding hydrogens is 276 g/mol. The first-order chi connectivity index (χ1) is 9.60. The Kier molecular flexibility index (Phi) is 3.01. The number of aryl methyl sites for hydroxylation is 2. The third-order valence-corrected chi connectivity index (χ3v) is 3.48. The van der Waals surface area contributed by atoms with Crippen LogP contribution in [0.5, 0.6) is 5.88 Å². The maximum Gasteiger partial charge on any atom is 0.242 e. The Balaban J connectivity index is 2.14. The summed E-state index contributed by atoms with van der Waals surface area (Å²) in [7, 11) is 3.47. The number of aromatic nitrogens is 6. The molecule has 0 aliphatic rings. The van der Waals surface area contributed by atoms with Gasteiger partial charge in [0.25, 0.3) is 0 Å². The van der Waals surface area contributed by atoms with E-state index in [1.54, 1.807) is 11.8 Å². The lowest BCUT2D eigenvalue weighted by Gasteiger charge is -2.03. The Labute approximate surface area is 120 Å². The summed E-state index contributed by atoms with van der Waals surface area (Å²) in [5.74, 6) is 0.489. The van der Waals surface area contributed by atoms with E-state index in [-0.39, 0.29) is 0 Å². The molecule has 0 unspecified atom stereocenters. The van der Waals surface area contributed by atoms with Crippen molar-refractivity contribution in [3.8, 4) is 5.88 Å². The van der Waals surface area contributed by atoms with Gasteiger partial charge in [-0.2, -0.15) is 10.1 Å². The molecule has 0 bridgehead atoms. The number of nitrogens with zero attached hydrogens (tertiary/aromatic N) is 5. The van der Waals surface area contributed by atoms with Gasteiger partial charge in [0.2, 0.25) is 5.88 Å². The lowest BCUT2D eigenvalue weighted by Crippen LogP contribution is -2.02. The highest BCUT2D eigenvalue weighted by atomic mass is 32.1. The van der Waals surface area contributed by atoms with E-state index in [0.29, 0.717) is 22.7 Å².